The van der Waals surface area contributed by atoms with Crippen LogP contribution in [-0.2, 0) is 20.4 Å². The van der Waals surface area contributed by atoms with Crippen molar-refractivity contribution in [2.75, 3.05) is 6.61 Å². The number of alkyl halides is 3. The maximum absolute atomic E-state index is 12.9. The molecule has 1 aromatic heterocycles. The van der Waals surface area contributed by atoms with Gasteiger partial charge in [-0.1, -0.05) is 6.07 Å². The first-order valence-electron chi connectivity index (χ1n) is 7.83. The number of ether oxygens (including phenoxy) is 2. The summed E-state index contributed by atoms with van der Waals surface area (Å²) in [5.74, 6) is -1.88. The summed E-state index contributed by atoms with van der Waals surface area (Å²) < 4.78 is 49.4. The summed E-state index contributed by atoms with van der Waals surface area (Å²) in [6.07, 6.45) is -5.55. The van der Waals surface area contributed by atoms with E-state index in [0.29, 0.717) is 0 Å². The summed E-state index contributed by atoms with van der Waals surface area (Å²) in [6, 6.07) is 5.32. The minimum Gasteiger partial charge on any atom is -0.463 e. The molecule has 1 saturated heterocycles. The van der Waals surface area contributed by atoms with Crippen LogP contribution in [0.3, 0.4) is 0 Å². The zero-order valence-electron chi connectivity index (χ0n) is 13.9. The van der Waals surface area contributed by atoms with E-state index in [1.807, 2.05) is 0 Å². The van der Waals surface area contributed by atoms with Crippen molar-refractivity contribution >= 4 is 11.9 Å². The van der Waals surface area contributed by atoms with Gasteiger partial charge in [-0.2, -0.15) is 18.3 Å². The van der Waals surface area contributed by atoms with Crippen LogP contribution in [0, 0.1) is 6.92 Å². The Balaban J connectivity index is 1.98. The number of rotatable bonds is 3. The molecule has 0 unspecified atom stereocenters. The topological polar surface area (TPSA) is 87.5 Å². The van der Waals surface area contributed by atoms with Gasteiger partial charge in [-0.05, 0) is 25.1 Å². The lowest BCUT2D eigenvalue weighted by Gasteiger charge is -2.14. The average molecular weight is 382 g/mol. The summed E-state index contributed by atoms with van der Waals surface area (Å²) in [6.45, 7) is 1.55. The lowest BCUT2D eigenvalue weighted by Crippen LogP contribution is -2.29. The normalized spacial score (nSPS) is 16.9. The second-order valence-electron chi connectivity index (χ2n) is 5.81. The molecule has 0 amide bonds. The fraction of sp³-hybridized carbons (Fsp3) is 0.294. The van der Waals surface area contributed by atoms with Crippen LogP contribution >= 0.6 is 0 Å². The molecule has 1 fully saturated rings. The Morgan fingerprint density at radius 3 is 2.67 bits per heavy atom. The van der Waals surface area contributed by atoms with E-state index >= 15 is 0 Å². The number of cyclic esters (lactones) is 1. The van der Waals surface area contributed by atoms with E-state index in [-0.39, 0.29) is 24.4 Å². The molecule has 1 aliphatic heterocycles. The molecule has 0 spiro atoms. The van der Waals surface area contributed by atoms with Crippen LogP contribution < -0.4 is 5.43 Å². The van der Waals surface area contributed by atoms with E-state index in [4.69, 9.17) is 4.74 Å². The van der Waals surface area contributed by atoms with Gasteiger partial charge in [0.25, 0.3) is 0 Å². The van der Waals surface area contributed by atoms with E-state index in [9.17, 15) is 27.6 Å². The van der Waals surface area contributed by atoms with Gasteiger partial charge in [-0.3, -0.25) is 4.79 Å². The number of benzene rings is 1. The molecular formula is C17H13F3N2O5. The van der Waals surface area contributed by atoms with Gasteiger partial charge in [0.05, 0.1) is 17.9 Å². The number of carbonyl (C=O) groups excluding carboxylic acids is 2. The van der Waals surface area contributed by atoms with Crippen LogP contribution in [0.15, 0.2) is 35.1 Å². The van der Waals surface area contributed by atoms with E-state index in [2.05, 4.69) is 9.84 Å². The molecule has 1 aliphatic rings. The van der Waals surface area contributed by atoms with Gasteiger partial charge < -0.3 is 9.47 Å². The summed E-state index contributed by atoms with van der Waals surface area (Å²) >= 11 is 0. The van der Waals surface area contributed by atoms with Crippen LogP contribution in [0.1, 0.15) is 28.2 Å². The predicted octanol–water partition coefficient (Wildman–Crippen LogP) is 2.03. The van der Waals surface area contributed by atoms with Crippen LogP contribution in [0.5, 0.6) is 0 Å². The van der Waals surface area contributed by atoms with Crippen molar-refractivity contribution in [2.45, 2.75) is 25.6 Å². The number of aryl methyl sites for hydroxylation is 1. The first kappa shape index (κ1) is 18.6. The first-order valence-corrected chi connectivity index (χ1v) is 7.83. The Morgan fingerprint density at radius 2 is 2.04 bits per heavy atom. The van der Waals surface area contributed by atoms with Crippen LogP contribution in [-0.4, -0.2) is 34.4 Å². The number of halogens is 3. The number of nitrogens with zero attached hydrogens (tertiary/aromatic N) is 2. The number of hydrogen-bond donors (Lipinski definition) is 0. The highest BCUT2D eigenvalue weighted by Gasteiger charge is 2.32. The Labute approximate surface area is 150 Å². The summed E-state index contributed by atoms with van der Waals surface area (Å²) in [5.41, 5.74) is -2.09. The third kappa shape index (κ3) is 3.83. The standard InChI is InChI=1S/C17H13F3N2O5/c1-9-7-12(23)14(16(25)27-13-5-6-26-15(13)24)21-22(9)11-4-2-3-10(8-11)17(18,19)20/h2-4,7-8,13H,5-6H2,1H3/t13-/m1/s1. The van der Waals surface area contributed by atoms with Crippen molar-refractivity contribution in [3.05, 3.63) is 57.5 Å². The number of aromatic nitrogens is 2. The average Bonchev–Trinajstić information content (AvgIpc) is 2.99. The molecule has 3 rings (SSSR count). The minimum atomic E-state index is -4.56. The van der Waals surface area contributed by atoms with Crippen molar-refractivity contribution in [1.29, 1.82) is 0 Å². The van der Waals surface area contributed by atoms with Gasteiger partial charge >= 0.3 is 18.1 Å². The predicted molar refractivity (Wildman–Crippen MR) is 84.4 cm³/mol. The molecule has 0 aliphatic carbocycles. The van der Waals surface area contributed by atoms with E-state index in [1.54, 1.807) is 0 Å². The molecule has 0 N–H and O–H groups in total. The zero-order chi connectivity index (χ0) is 19.8. The van der Waals surface area contributed by atoms with Gasteiger partial charge in [0.15, 0.2) is 0 Å². The molecule has 27 heavy (non-hydrogen) atoms. The van der Waals surface area contributed by atoms with Crippen LogP contribution in [0.4, 0.5) is 13.2 Å². The molecule has 2 heterocycles. The van der Waals surface area contributed by atoms with Crippen molar-refractivity contribution in [2.24, 2.45) is 0 Å². The van der Waals surface area contributed by atoms with Crippen molar-refractivity contribution < 1.29 is 32.2 Å². The quantitative estimate of drug-likeness (QED) is 0.755. The highest BCUT2D eigenvalue weighted by atomic mass is 19.4. The molecule has 0 bridgehead atoms. The largest absolute Gasteiger partial charge is 0.463 e. The number of esters is 2. The second kappa shape index (κ2) is 6.86. The highest BCUT2D eigenvalue weighted by molar-refractivity contribution is 5.89. The van der Waals surface area contributed by atoms with E-state index in [1.165, 1.54) is 19.1 Å². The molecular weight excluding hydrogens is 369 g/mol. The Hall–Kier alpha value is -3.17. The fourth-order valence-corrected chi connectivity index (χ4v) is 2.53. The minimum absolute atomic E-state index is 0.0108. The van der Waals surface area contributed by atoms with Crippen LogP contribution in [0.2, 0.25) is 0 Å². The number of hydrogen-bond acceptors (Lipinski definition) is 6. The summed E-state index contributed by atoms with van der Waals surface area (Å²) in [4.78, 5) is 35.7. The summed E-state index contributed by atoms with van der Waals surface area (Å²) in [7, 11) is 0. The van der Waals surface area contributed by atoms with Gasteiger partial charge in [-0.25, -0.2) is 14.3 Å². The zero-order valence-corrected chi connectivity index (χ0v) is 13.9. The smallest absolute Gasteiger partial charge is 0.416 e. The molecule has 1 aromatic carbocycles. The maximum atomic E-state index is 12.9. The molecule has 1 atom stereocenters. The Kier molecular flexibility index (Phi) is 4.73. The summed E-state index contributed by atoms with van der Waals surface area (Å²) in [5, 5.41) is 3.84. The van der Waals surface area contributed by atoms with Crippen molar-refractivity contribution in [3.63, 3.8) is 0 Å². The van der Waals surface area contributed by atoms with Crippen LogP contribution in [0.25, 0.3) is 5.69 Å². The van der Waals surface area contributed by atoms with Crippen molar-refractivity contribution in [3.8, 4) is 5.69 Å². The fourth-order valence-electron chi connectivity index (χ4n) is 2.53. The lowest BCUT2D eigenvalue weighted by atomic mass is 10.2. The van der Waals surface area contributed by atoms with Gasteiger partial charge in [0.1, 0.15) is 0 Å². The van der Waals surface area contributed by atoms with Gasteiger partial charge in [0, 0.05) is 18.2 Å². The third-order valence-electron chi connectivity index (χ3n) is 3.86. The monoisotopic (exact) mass is 382 g/mol. The molecule has 0 radical (unpaired) electrons. The molecule has 7 nitrogen and oxygen atoms in total. The SMILES string of the molecule is Cc1cc(=O)c(C(=O)O[C@@H]2CCOC2=O)nn1-c1cccc(C(F)(F)F)c1. The highest BCUT2D eigenvalue weighted by Crippen LogP contribution is 2.30. The van der Waals surface area contributed by atoms with E-state index < -0.39 is 40.9 Å². The van der Waals surface area contributed by atoms with Gasteiger partial charge in [-0.15, -0.1) is 0 Å². The van der Waals surface area contributed by atoms with Gasteiger partial charge in [0.2, 0.25) is 17.2 Å². The molecule has 10 heteroatoms. The van der Waals surface area contributed by atoms with Crippen molar-refractivity contribution in [1.82, 2.24) is 9.78 Å². The third-order valence-corrected chi connectivity index (χ3v) is 3.86. The molecule has 142 valence electrons. The molecule has 0 saturated carbocycles. The molecule has 2 aromatic rings. The maximum Gasteiger partial charge on any atom is 0.416 e. The number of carbonyl (C=O) groups is 2. The Bertz CT molecular complexity index is 968. The van der Waals surface area contributed by atoms with E-state index in [0.717, 1.165) is 22.9 Å². The first-order chi connectivity index (χ1) is 12.7. The Morgan fingerprint density at radius 1 is 1.30 bits per heavy atom. The lowest BCUT2D eigenvalue weighted by molar-refractivity contribution is -0.145. The second-order valence-corrected chi connectivity index (χ2v) is 5.81.